The molecule has 5 heteroatoms. The van der Waals surface area contributed by atoms with Crippen molar-refractivity contribution in [2.75, 3.05) is 12.0 Å². The Labute approximate surface area is 80.8 Å². The highest BCUT2D eigenvalue weighted by Gasteiger charge is 2.10. The minimum absolute atomic E-state index is 0.0820. The van der Waals surface area contributed by atoms with Crippen LogP contribution in [0.5, 0.6) is 5.75 Å². The molecule has 0 saturated heterocycles. The second-order valence-electron chi connectivity index (χ2n) is 2.63. The fourth-order valence-electron chi connectivity index (χ4n) is 1.08. The van der Waals surface area contributed by atoms with Crippen molar-refractivity contribution in [1.29, 1.82) is 0 Å². The van der Waals surface area contributed by atoms with Gasteiger partial charge in [-0.15, -0.1) is 0 Å². The number of anilines is 1. The number of hydrogen-bond acceptors (Lipinski definition) is 3. The first-order valence-electron chi connectivity index (χ1n) is 4.20. The minimum Gasteiger partial charge on any atom is -0.492 e. The van der Waals surface area contributed by atoms with Crippen LogP contribution >= 0.6 is 0 Å². The zero-order valence-electron chi connectivity index (χ0n) is 7.76. The van der Waals surface area contributed by atoms with Gasteiger partial charge < -0.3 is 10.2 Å². The van der Waals surface area contributed by atoms with Gasteiger partial charge in [-0.3, -0.25) is 5.84 Å². The Morgan fingerprint density at radius 1 is 1.50 bits per heavy atom. The third kappa shape index (κ3) is 2.32. The van der Waals surface area contributed by atoms with Gasteiger partial charge in [0.2, 0.25) is 0 Å². The molecule has 0 saturated carbocycles. The Morgan fingerprint density at radius 2 is 2.21 bits per heavy atom. The van der Waals surface area contributed by atoms with E-state index in [4.69, 9.17) is 10.6 Å². The number of rotatable bonds is 4. The summed E-state index contributed by atoms with van der Waals surface area (Å²) in [5.74, 6) is 5.65. The van der Waals surface area contributed by atoms with E-state index in [1.807, 2.05) is 0 Å². The highest BCUT2D eigenvalue weighted by molar-refractivity contribution is 5.57. The van der Waals surface area contributed by atoms with Gasteiger partial charge in [0.15, 0.2) is 0 Å². The van der Waals surface area contributed by atoms with E-state index in [1.54, 1.807) is 6.92 Å². The highest BCUT2D eigenvalue weighted by atomic mass is 19.3. The van der Waals surface area contributed by atoms with Crippen molar-refractivity contribution in [1.82, 2.24) is 0 Å². The molecule has 0 aliphatic heterocycles. The summed E-state index contributed by atoms with van der Waals surface area (Å²) in [7, 11) is 0. The van der Waals surface area contributed by atoms with E-state index in [-0.39, 0.29) is 5.56 Å². The van der Waals surface area contributed by atoms with Crippen molar-refractivity contribution in [2.45, 2.75) is 13.3 Å². The molecule has 1 rings (SSSR count). The molecular weight excluding hydrogens is 190 g/mol. The van der Waals surface area contributed by atoms with Gasteiger partial charge in [-0.2, -0.15) is 0 Å². The number of alkyl halides is 2. The van der Waals surface area contributed by atoms with Gasteiger partial charge in [-0.1, -0.05) is 0 Å². The maximum absolute atomic E-state index is 12.3. The second-order valence-corrected chi connectivity index (χ2v) is 2.63. The lowest BCUT2D eigenvalue weighted by Gasteiger charge is -2.10. The number of hydrogen-bond donors (Lipinski definition) is 2. The normalized spacial score (nSPS) is 10.4. The first-order valence-corrected chi connectivity index (χ1v) is 4.20. The van der Waals surface area contributed by atoms with Crippen LogP contribution in [0, 0.1) is 0 Å². The molecule has 0 unspecified atom stereocenters. The summed E-state index contributed by atoms with van der Waals surface area (Å²) in [5, 5.41) is 0. The quantitative estimate of drug-likeness (QED) is 0.581. The average Bonchev–Trinajstić information content (AvgIpc) is 2.18. The van der Waals surface area contributed by atoms with Crippen LogP contribution in [0.2, 0.25) is 0 Å². The van der Waals surface area contributed by atoms with Gasteiger partial charge in [0, 0.05) is 5.56 Å². The zero-order chi connectivity index (χ0) is 10.6. The maximum atomic E-state index is 12.3. The van der Waals surface area contributed by atoms with Gasteiger partial charge in [0.25, 0.3) is 6.43 Å². The second kappa shape index (κ2) is 4.76. The molecule has 1 aromatic carbocycles. The summed E-state index contributed by atoms with van der Waals surface area (Å²) in [6, 6.07) is 4.06. The summed E-state index contributed by atoms with van der Waals surface area (Å²) in [5.41, 5.74) is 2.60. The maximum Gasteiger partial charge on any atom is 0.263 e. The molecule has 0 fully saturated rings. The molecular formula is C9H12F2N2O. The van der Waals surface area contributed by atoms with Crippen LogP contribution < -0.4 is 16.0 Å². The molecule has 0 aliphatic rings. The van der Waals surface area contributed by atoms with E-state index in [2.05, 4.69) is 5.43 Å². The topological polar surface area (TPSA) is 47.3 Å². The third-order valence-electron chi connectivity index (χ3n) is 1.71. The predicted molar refractivity (Wildman–Crippen MR) is 50.4 cm³/mol. The number of halogens is 2. The zero-order valence-corrected chi connectivity index (χ0v) is 7.76. The molecule has 0 heterocycles. The summed E-state index contributed by atoms with van der Waals surface area (Å²) >= 11 is 0. The Hall–Kier alpha value is -1.36. The molecule has 78 valence electrons. The number of nitrogens with one attached hydrogen (secondary N) is 1. The summed E-state index contributed by atoms with van der Waals surface area (Å²) in [6.07, 6.45) is -2.50. The van der Waals surface area contributed by atoms with Crippen LogP contribution in [-0.4, -0.2) is 6.61 Å². The molecule has 3 N–H and O–H groups in total. The van der Waals surface area contributed by atoms with E-state index < -0.39 is 6.43 Å². The molecule has 0 bridgehead atoms. The molecule has 0 amide bonds. The van der Waals surface area contributed by atoms with Gasteiger partial charge >= 0.3 is 0 Å². The monoisotopic (exact) mass is 202 g/mol. The number of benzene rings is 1. The molecule has 0 aromatic heterocycles. The SMILES string of the molecule is CCOc1ccc(C(F)F)cc1NN. The molecule has 0 atom stereocenters. The van der Waals surface area contributed by atoms with Gasteiger partial charge in [0.1, 0.15) is 5.75 Å². The minimum atomic E-state index is -2.50. The fraction of sp³-hybridized carbons (Fsp3) is 0.333. The van der Waals surface area contributed by atoms with Crippen molar-refractivity contribution in [3.05, 3.63) is 23.8 Å². The van der Waals surface area contributed by atoms with Gasteiger partial charge in [-0.25, -0.2) is 8.78 Å². The van der Waals surface area contributed by atoms with E-state index >= 15 is 0 Å². The van der Waals surface area contributed by atoms with Crippen LogP contribution in [-0.2, 0) is 0 Å². The lowest BCUT2D eigenvalue weighted by atomic mass is 10.2. The van der Waals surface area contributed by atoms with Crippen molar-refractivity contribution < 1.29 is 13.5 Å². The van der Waals surface area contributed by atoms with Crippen molar-refractivity contribution in [3.8, 4) is 5.75 Å². The predicted octanol–water partition coefficient (Wildman–Crippen LogP) is 2.31. The molecule has 1 aromatic rings. The molecule has 0 spiro atoms. The Balaban J connectivity index is 2.98. The van der Waals surface area contributed by atoms with Crippen LogP contribution in [0.1, 0.15) is 18.9 Å². The summed E-state index contributed by atoms with van der Waals surface area (Å²) in [4.78, 5) is 0. The number of nitrogen functional groups attached to an aromatic ring is 1. The first-order chi connectivity index (χ1) is 6.69. The summed E-state index contributed by atoms with van der Waals surface area (Å²) < 4.78 is 29.8. The van der Waals surface area contributed by atoms with Crippen LogP contribution in [0.3, 0.4) is 0 Å². The lowest BCUT2D eigenvalue weighted by Crippen LogP contribution is -2.09. The lowest BCUT2D eigenvalue weighted by molar-refractivity contribution is 0.151. The molecule has 0 aliphatic carbocycles. The Morgan fingerprint density at radius 3 is 2.71 bits per heavy atom. The Kier molecular flexibility index (Phi) is 3.64. The van der Waals surface area contributed by atoms with Gasteiger partial charge in [0.05, 0.1) is 12.3 Å². The molecule has 0 radical (unpaired) electrons. The van der Waals surface area contributed by atoms with Gasteiger partial charge in [-0.05, 0) is 25.1 Å². The van der Waals surface area contributed by atoms with E-state index in [0.717, 1.165) is 0 Å². The Bertz CT molecular complexity index is 305. The van der Waals surface area contributed by atoms with Crippen LogP contribution in [0.15, 0.2) is 18.2 Å². The molecule has 3 nitrogen and oxygen atoms in total. The third-order valence-corrected chi connectivity index (χ3v) is 1.71. The summed E-state index contributed by atoms with van der Waals surface area (Å²) in [6.45, 7) is 2.27. The average molecular weight is 202 g/mol. The fourth-order valence-corrected chi connectivity index (χ4v) is 1.08. The number of nitrogens with two attached hydrogens (primary N) is 1. The molecule has 14 heavy (non-hydrogen) atoms. The largest absolute Gasteiger partial charge is 0.492 e. The van der Waals surface area contributed by atoms with Crippen molar-refractivity contribution in [3.63, 3.8) is 0 Å². The van der Waals surface area contributed by atoms with E-state index in [9.17, 15) is 8.78 Å². The van der Waals surface area contributed by atoms with Crippen LogP contribution in [0.4, 0.5) is 14.5 Å². The number of hydrazine groups is 1. The highest BCUT2D eigenvalue weighted by Crippen LogP contribution is 2.29. The van der Waals surface area contributed by atoms with Crippen molar-refractivity contribution in [2.24, 2.45) is 5.84 Å². The van der Waals surface area contributed by atoms with E-state index in [1.165, 1.54) is 18.2 Å². The number of ether oxygens (including phenoxy) is 1. The smallest absolute Gasteiger partial charge is 0.263 e. The first kappa shape index (κ1) is 10.7. The van der Waals surface area contributed by atoms with Crippen molar-refractivity contribution >= 4 is 5.69 Å². The van der Waals surface area contributed by atoms with Crippen LogP contribution in [0.25, 0.3) is 0 Å². The standard InChI is InChI=1S/C9H12F2N2O/c1-2-14-8-4-3-6(9(10)11)5-7(8)13-12/h3-5,9,13H,2,12H2,1H3. The van der Waals surface area contributed by atoms with E-state index in [0.29, 0.717) is 18.0 Å².